The number of ether oxygens (including phenoxy) is 3. The molecule has 0 unspecified atom stereocenters. The second-order valence-electron chi connectivity index (χ2n) is 12.7. The number of sulfonamides is 1. The number of nitrogens with one attached hydrogen (secondary N) is 1. The molecule has 6 atom stereocenters. The van der Waals surface area contributed by atoms with Crippen molar-refractivity contribution in [3.8, 4) is 17.2 Å². The normalized spacial score (nSPS) is 26.8. The predicted octanol–water partition coefficient (Wildman–Crippen LogP) is 2.10. The summed E-state index contributed by atoms with van der Waals surface area (Å²) in [4.78, 5) is 29.8. The highest BCUT2D eigenvalue weighted by atomic mass is 32.2. The van der Waals surface area contributed by atoms with E-state index in [9.17, 15) is 38.4 Å². The van der Waals surface area contributed by atoms with Crippen LogP contribution in [0.4, 0.5) is 0 Å². The number of aryl methyl sites for hydroxylation is 1. The summed E-state index contributed by atoms with van der Waals surface area (Å²) < 4.78 is 43.4. The van der Waals surface area contributed by atoms with Crippen LogP contribution in [0.2, 0.25) is 0 Å². The van der Waals surface area contributed by atoms with E-state index in [1.165, 1.54) is 44.4 Å². The minimum Gasteiger partial charge on any atom is -0.507 e. The van der Waals surface area contributed by atoms with Gasteiger partial charge in [0.05, 0.1) is 52.7 Å². The van der Waals surface area contributed by atoms with E-state index in [1.54, 1.807) is 26.0 Å². The molecule has 0 amide bonds. The lowest BCUT2D eigenvalue weighted by Crippen LogP contribution is -2.52. The van der Waals surface area contributed by atoms with E-state index >= 15 is 0 Å². The molecule has 15 heteroatoms. The number of ketones is 2. The number of aliphatic hydroxyl groups is 2. The third kappa shape index (κ3) is 5.85. The van der Waals surface area contributed by atoms with Crippen molar-refractivity contribution in [2.45, 2.75) is 81.2 Å². The van der Waals surface area contributed by atoms with Gasteiger partial charge in [-0.3, -0.25) is 9.59 Å². The van der Waals surface area contributed by atoms with Gasteiger partial charge in [-0.2, -0.15) is 13.5 Å². The number of hydrogen-bond acceptors (Lipinski definition) is 13. The Morgan fingerprint density at radius 1 is 1.06 bits per heavy atom. The van der Waals surface area contributed by atoms with Crippen LogP contribution in [-0.2, 0) is 25.9 Å². The predicted molar refractivity (Wildman–Crippen MR) is 174 cm³/mol. The molecule has 1 aliphatic heterocycles. The Hall–Kier alpha value is -4.38. The molecule has 14 nitrogen and oxygen atoms in total. The molecule has 49 heavy (non-hydrogen) atoms. The maximum atomic E-state index is 13.9. The molecule has 3 aromatic carbocycles. The van der Waals surface area contributed by atoms with E-state index in [2.05, 4.69) is 9.93 Å². The first-order chi connectivity index (χ1) is 23.1. The van der Waals surface area contributed by atoms with Gasteiger partial charge in [0.25, 0.3) is 10.0 Å². The van der Waals surface area contributed by atoms with Crippen LogP contribution in [0.5, 0.6) is 17.2 Å². The second kappa shape index (κ2) is 12.5. The number of carbonyl (C=O) groups is 2. The van der Waals surface area contributed by atoms with Gasteiger partial charge in [-0.1, -0.05) is 29.8 Å². The number of phenolic OH excluding ortho intramolecular Hbond substituents is 2. The number of carbonyl (C=O) groups excluding carboxylic acids is 2. The Morgan fingerprint density at radius 3 is 2.39 bits per heavy atom. The number of nitrogens with zero attached hydrogens (tertiary/aromatic N) is 1. The van der Waals surface area contributed by atoms with Gasteiger partial charge >= 0.3 is 0 Å². The molecule has 260 valence electrons. The van der Waals surface area contributed by atoms with Crippen LogP contribution in [0, 0.1) is 6.92 Å². The second-order valence-corrected chi connectivity index (χ2v) is 14.3. The average molecular weight is 696 g/mol. The molecule has 6 rings (SSSR count). The minimum atomic E-state index is -4.15. The number of hydrazone groups is 1. The van der Waals surface area contributed by atoms with Gasteiger partial charge in [0, 0.05) is 42.0 Å². The largest absolute Gasteiger partial charge is 0.507 e. The quantitative estimate of drug-likeness (QED) is 0.0928. The smallest absolute Gasteiger partial charge is 0.276 e. The SMILES string of the molecule is COc1cccc2c1C(=O)c1c(O)c3c(c(O)c1C2=O)C[C@@](O)(/C(C)=N/NS(=O)(=O)c1ccc(C)cc1)C[C@@H]3O[C@H]1C[C@H](N)[C@H](O)[C@H](C)O1. The maximum absolute atomic E-state index is 13.9. The molecule has 0 aromatic heterocycles. The lowest BCUT2D eigenvalue weighted by atomic mass is 9.72. The molecule has 7 N–H and O–H groups in total. The third-order valence-corrected chi connectivity index (χ3v) is 10.7. The Balaban J connectivity index is 1.46. The van der Waals surface area contributed by atoms with E-state index in [0.29, 0.717) is 0 Å². The van der Waals surface area contributed by atoms with Crippen molar-refractivity contribution in [1.29, 1.82) is 0 Å². The fourth-order valence-electron chi connectivity index (χ4n) is 6.67. The molecular formula is C34H37N3O11S. The molecule has 0 spiro atoms. The van der Waals surface area contributed by atoms with Crippen LogP contribution in [0.25, 0.3) is 0 Å². The fraction of sp³-hybridized carbons (Fsp3) is 0.382. The molecule has 1 fully saturated rings. The molecule has 0 bridgehead atoms. The van der Waals surface area contributed by atoms with Gasteiger partial charge in [0.2, 0.25) is 5.78 Å². The Kier molecular flexibility index (Phi) is 8.80. The van der Waals surface area contributed by atoms with Crippen molar-refractivity contribution in [2.75, 3.05) is 7.11 Å². The van der Waals surface area contributed by atoms with Crippen LogP contribution >= 0.6 is 0 Å². The Bertz CT molecular complexity index is 1980. The molecule has 0 saturated carbocycles. The first-order valence-electron chi connectivity index (χ1n) is 15.5. The molecule has 1 saturated heterocycles. The van der Waals surface area contributed by atoms with E-state index in [0.717, 1.165) is 5.56 Å². The fourth-order valence-corrected chi connectivity index (χ4v) is 7.53. The van der Waals surface area contributed by atoms with Gasteiger partial charge in [-0.15, -0.1) is 0 Å². The summed E-state index contributed by atoms with van der Waals surface area (Å²) in [5.74, 6) is -2.75. The number of methoxy groups -OCH3 is 1. The number of phenols is 2. The average Bonchev–Trinajstić information content (AvgIpc) is 3.06. The van der Waals surface area contributed by atoms with Crippen molar-refractivity contribution in [3.05, 3.63) is 81.4 Å². The van der Waals surface area contributed by atoms with Gasteiger partial charge in [-0.05, 0) is 39.0 Å². The highest BCUT2D eigenvalue weighted by Gasteiger charge is 2.49. The zero-order valence-electron chi connectivity index (χ0n) is 27.1. The molecule has 0 radical (unpaired) electrons. The number of rotatable bonds is 7. The van der Waals surface area contributed by atoms with E-state index in [-0.39, 0.29) is 51.5 Å². The summed E-state index contributed by atoms with van der Waals surface area (Å²) >= 11 is 0. The summed E-state index contributed by atoms with van der Waals surface area (Å²) in [5, 5.41) is 49.9. The van der Waals surface area contributed by atoms with Crippen molar-refractivity contribution >= 4 is 27.3 Å². The summed E-state index contributed by atoms with van der Waals surface area (Å²) in [6, 6.07) is 9.70. The van der Waals surface area contributed by atoms with Crippen molar-refractivity contribution in [1.82, 2.24) is 4.83 Å². The van der Waals surface area contributed by atoms with Gasteiger partial charge in [0.1, 0.15) is 22.8 Å². The van der Waals surface area contributed by atoms with Crippen LogP contribution < -0.4 is 15.3 Å². The maximum Gasteiger partial charge on any atom is 0.276 e. The number of aliphatic hydroxyl groups excluding tert-OH is 1. The van der Waals surface area contributed by atoms with E-state index < -0.39 is 86.9 Å². The highest BCUT2D eigenvalue weighted by molar-refractivity contribution is 7.89. The molecular weight excluding hydrogens is 658 g/mol. The highest BCUT2D eigenvalue weighted by Crippen LogP contribution is 2.52. The first kappa shape index (κ1) is 34.5. The number of benzene rings is 3. The monoisotopic (exact) mass is 695 g/mol. The standard InChI is InChI=1S/C34H37N3O11S/c1-15-8-10-18(11-9-15)49(44,45)37-36-17(3)34(43)13-20-26(23(14-34)48-24-12-21(35)29(38)16(2)47-24)33(42)28-27(31(20)40)30(39)19-6-5-7-22(46-4)25(19)32(28)41/h5-11,16,21,23-24,29,37-38,40,42-43H,12-14,35H2,1-4H3/b36-17+/t16-,21-,23-,24-,29+,34-/m0/s1. The lowest BCUT2D eigenvalue weighted by molar-refractivity contribution is -0.245. The van der Waals surface area contributed by atoms with Crippen molar-refractivity contribution < 1.29 is 52.6 Å². The minimum absolute atomic E-state index is 0.0128. The summed E-state index contributed by atoms with van der Waals surface area (Å²) in [6.45, 7) is 4.77. The molecule has 1 heterocycles. The van der Waals surface area contributed by atoms with Crippen LogP contribution in [0.1, 0.15) is 81.3 Å². The molecule has 3 aliphatic rings. The zero-order chi connectivity index (χ0) is 35.6. The Morgan fingerprint density at radius 2 is 1.73 bits per heavy atom. The number of fused-ring (bicyclic) bond motifs is 3. The van der Waals surface area contributed by atoms with Crippen LogP contribution in [-0.4, -0.2) is 83.4 Å². The van der Waals surface area contributed by atoms with Gasteiger partial charge in [0.15, 0.2) is 12.1 Å². The van der Waals surface area contributed by atoms with E-state index in [1.807, 2.05) is 0 Å². The topological polar surface area (TPSA) is 227 Å². The number of hydrogen-bond donors (Lipinski definition) is 6. The van der Waals surface area contributed by atoms with Crippen molar-refractivity contribution in [2.24, 2.45) is 10.8 Å². The summed E-state index contributed by atoms with van der Waals surface area (Å²) in [7, 11) is -2.82. The number of aromatic hydroxyl groups is 2. The lowest BCUT2D eigenvalue weighted by Gasteiger charge is -2.42. The van der Waals surface area contributed by atoms with Gasteiger partial charge < -0.3 is 40.4 Å². The molecule has 2 aliphatic carbocycles. The van der Waals surface area contributed by atoms with Crippen LogP contribution in [0.3, 0.4) is 0 Å². The third-order valence-electron chi connectivity index (χ3n) is 9.48. The summed E-state index contributed by atoms with van der Waals surface area (Å²) in [5.41, 5.74) is 3.57. The summed E-state index contributed by atoms with van der Waals surface area (Å²) in [6.07, 6.45) is -4.92. The van der Waals surface area contributed by atoms with E-state index in [4.69, 9.17) is 19.9 Å². The number of nitrogens with two attached hydrogens (primary N) is 1. The molecule has 3 aromatic rings. The Labute approximate surface area is 282 Å². The first-order valence-corrected chi connectivity index (χ1v) is 17.0. The van der Waals surface area contributed by atoms with Crippen molar-refractivity contribution in [3.63, 3.8) is 0 Å². The van der Waals surface area contributed by atoms with Crippen LogP contribution in [0.15, 0.2) is 52.5 Å². The zero-order valence-corrected chi connectivity index (χ0v) is 27.9. The van der Waals surface area contributed by atoms with Gasteiger partial charge in [-0.25, -0.2) is 4.83 Å².